The first-order chi connectivity index (χ1) is 20.0. The molecule has 0 amide bonds. The summed E-state index contributed by atoms with van der Waals surface area (Å²) < 4.78 is 11.7. The van der Waals surface area contributed by atoms with Gasteiger partial charge in [-0.1, -0.05) is 0 Å². The lowest BCUT2D eigenvalue weighted by Gasteiger charge is -2.29. The molecule has 2 N–H and O–H groups in total. The van der Waals surface area contributed by atoms with Crippen LogP contribution < -0.4 is 9.64 Å². The number of carbonyl (C=O) groups excluding carboxylic acids is 1. The van der Waals surface area contributed by atoms with Crippen LogP contribution >= 0.6 is 0 Å². The van der Waals surface area contributed by atoms with Crippen LogP contribution in [0.4, 0.5) is 5.69 Å². The number of anilines is 1. The molecule has 9 heteroatoms. The minimum absolute atomic E-state index is 0.0731. The average Bonchev–Trinajstić information content (AvgIpc) is 3.46. The molecule has 4 aromatic rings. The molecule has 9 nitrogen and oxygen atoms in total. The van der Waals surface area contributed by atoms with Crippen LogP contribution in [0.1, 0.15) is 38.2 Å². The maximum absolute atomic E-state index is 12.1. The van der Waals surface area contributed by atoms with Gasteiger partial charge in [0, 0.05) is 42.0 Å². The number of pyridine rings is 1. The molecule has 2 aliphatic rings. The van der Waals surface area contributed by atoms with E-state index in [-0.39, 0.29) is 17.8 Å². The number of hydrogen-bond acceptors (Lipinski definition) is 8. The third-order valence-corrected chi connectivity index (χ3v) is 8.07. The van der Waals surface area contributed by atoms with Crippen LogP contribution in [-0.2, 0) is 9.53 Å². The summed E-state index contributed by atoms with van der Waals surface area (Å²) in [5.41, 5.74) is 5.65. The van der Waals surface area contributed by atoms with Crippen molar-refractivity contribution in [2.75, 3.05) is 31.2 Å². The summed E-state index contributed by atoms with van der Waals surface area (Å²) in [6.07, 6.45) is 3.51. The van der Waals surface area contributed by atoms with Crippen molar-refractivity contribution < 1.29 is 19.4 Å². The zero-order chi connectivity index (χ0) is 28.3. The lowest BCUT2D eigenvalue weighted by atomic mass is 9.83. The van der Waals surface area contributed by atoms with Gasteiger partial charge in [-0.05, 0) is 81.1 Å². The van der Waals surface area contributed by atoms with E-state index in [1.807, 2.05) is 18.2 Å². The summed E-state index contributed by atoms with van der Waals surface area (Å²) in [5, 5.41) is 19.5. The lowest BCUT2D eigenvalue weighted by molar-refractivity contribution is -0.131. The third-order valence-electron chi connectivity index (χ3n) is 8.07. The normalized spacial score (nSPS) is 20.0. The van der Waals surface area contributed by atoms with Crippen molar-refractivity contribution >= 4 is 22.5 Å². The van der Waals surface area contributed by atoms with Crippen molar-refractivity contribution in [2.45, 2.75) is 44.8 Å². The van der Waals surface area contributed by atoms with Gasteiger partial charge in [0.05, 0.1) is 36.1 Å². The second kappa shape index (κ2) is 11.7. The number of nitriles is 1. The number of ketones is 1. The zero-order valence-electron chi connectivity index (χ0n) is 23.0. The van der Waals surface area contributed by atoms with E-state index in [0.29, 0.717) is 42.7 Å². The maximum atomic E-state index is 12.1. The second-order valence-corrected chi connectivity index (χ2v) is 10.8. The number of aromatic amines is 1. The van der Waals surface area contributed by atoms with Gasteiger partial charge in [-0.2, -0.15) is 5.26 Å². The predicted octanol–water partition coefficient (Wildman–Crippen LogP) is 4.89. The molecule has 1 atom stereocenters. The number of H-pyrrole nitrogens is 1. The predicted molar refractivity (Wildman–Crippen MR) is 156 cm³/mol. The van der Waals surface area contributed by atoms with Gasteiger partial charge in [0.1, 0.15) is 29.3 Å². The van der Waals surface area contributed by atoms with Crippen LogP contribution in [0.15, 0.2) is 54.7 Å². The Labute approximate surface area is 238 Å². The molecule has 2 fully saturated rings. The Kier molecular flexibility index (Phi) is 7.68. The van der Waals surface area contributed by atoms with Crippen molar-refractivity contribution in [1.29, 1.82) is 5.26 Å². The number of fused-ring (bicyclic) bond motifs is 1. The van der Waals surface area contributed by atoms with Crippen molar-refractivity contribution in [1.82, 2.24) is 15.0 Å². The Hall–Kier alpha value is -4.26. The molecule has 6 rings (SSSR count). The molecule has 1 aliphatic heterocycles. The molecule has 1 saturated heterocycles. The molecule has 2 aromatic carbocycles. The van der Waals surface area contributed by atoms with Gasteiger partial charge < -0.3 is 24.5 Å². The van der Waals surface area contributed by atoms with Gasteiger partial charge in [0.2, 0.25) is 0 Å². The van der Waals surface area contributed by atoms with Crippen molar-refractivity contribution in [3.8, 4) is 34.5 Å². The Balaban J connectivity index is 1.21. The van der Waals surface area contributed by atoms with Crippen LogP contribution in [0.3, 0.4) is 0 Å². The molecule has 1 saturated carbocycles. The summed E-state index contributed by atoms with van der Waals surface area (Å²) in [6, 6.07) is 18.1. The first-order valence-electron chi connectivity index (χ1n) is 14.2. The summed E-state index contributed by atoms with van der Waals surface area (Å²) in [6.45, 7) is 4.79. The maximum Gasteiger partial charge on any atom is 0.164 e. The number of aromatic nitrogens is 3. The van der Waals surface area contributed by atoms with Gasteiger partial charge in [0.25, 0.3) is 0 Å². The number of nitrogens with one attached hydrogen (secondary N) is 1. The van der Waals surface area contributed by atoms with Gasteiger partial charge in [0.15, 0.2) is 5.78 Å². The Morgan fingerprint density at radius 3 is 2.54 bits per heavy atom. The molecule has 210 valence electrons. The number of benzene rings is 2. The fraction of sp³-hybridized carbons (Fsp3) is 0.375. The summed E-state index contributed by atoms with van der Waals surface area (Å²) in [4.78, 5) is 27.4. The largest absolute Gasteiger partial charge is 0.489 e. The number of aliphatic hydroxyl groups is 1. The molecule has 0 bridgehead atoms. The zero-order valence-corrected chi connectivity index (χ0v) is 23.0. The SMILES string of the molecule is CC(O)C(=O)C1CCC(Oc2ccc(-c3nccc4[nH]c(-c5ccc(N6CCOCC6)cc5)nc34)cc2C#N)CC1. The summed E-state index contributed by atoms with van der Waals surface area (Å²) in [7, 11) is 0. The molecular weight excluding hydrogens is 518 g/mol. The molecule has 0 radical (unpaired) electrons. The quantitative estimate of drug-likeness (QED) is 0.333. The Morgan fingerprint density at radius 1 is 1.10 bits per heavy atom. The van der Waals surface area contributed by atoms with Gasteiger partial charge in [-0.15, -0.1) is 0 Å². The number of nitrogens with zero attached hydrogens (tertiary/aromatic N) is 4. The van der Waals surface area contributed by atoms with Crippen LogP contribution in [0.5, 0.6) is 5.75 Å². The molecular formula is C32H33N5O4. The molecule has 1 aliphatic carbocycles. The number of Topliss-reactive ketones (excluding diaryl/α,β-unsaturated/α-hetero) is 1. The lowest BCUT2D eigenvalue weighted by Crippen LogP contribution is -2.36. The second-order valence-electron chi connectivity index (χ2n) is 10.8. The number of ether oxygens (including phenoxy) is 2. The number of rotatable bonds is 7. The number of imidazole rings is 1. The van der Waals surface area contributed by atoms with E-state index in [4.69, 9.17) is 14.5 Å². The van der Waals surface area contributed by atoms with E-state index in [1.54, 1.807) is 12.3 Å². The van der Waals surface area contributed by atoms with Crippen LogP contribution in [0.2, 0.25) is 0 Å². The summed E-state index contributed by atoms with van der Waals surface area (Å²) in [5.74, 6) is 1.06. The number of hydrogen-bond donors (Lipinski definition) is 2. The Morgan fingerprint density at radius 2 is 1.83 bits per heavy atom. The van der Waals surface area contributed by atoms with E-state index >= 15 is 0 Å². The van der Waals surface area contributed by atoms with Crippen molar-refractivity contribution in [3.05, 3.63) is 60.3 Å². The highest BCUT2D eigenvalue weighted by Gasteiger charge is 2.29. The van der Waals surface area contributed by atoms with E-state index in [9.17, 15) is 15.2 Å². The molecule has 3 heterocycles. The van der Waals surface area contributed by atoms with Crippen molar-refractivity contribution in [3.63, 3.8) is 0 Å². The Bertz CT molecular complexity index is 1580. The highest BCUT2D eigenvalue weighted by molar-refractivity contribution is 5.91. The van der Waals surface area contributed by atoms with Crippen LogP contribution in [0.25, 0.3) is 33.7 Å². The molecule has 2 aromatic heterocycles. The number of morpholine rings is 1. The number of carbonyl (C=O) groups is 1. The summed E-state index contributed by atoms with van der Waals surface area (Å²) >= 11 is 0. The van der Waals surface area contributed by atoms with Crippen LogP contribution in [0, 0.1) is 17.2 Å². The average molecular weight is 552 g/mol. The highest BCUT2D eigenvalue weighted by atomic mass is 16.5. The highest BCUT2D eigenvalue weighted by Crippen LogP contribution is 2.34. The monoisotopic (exact) mass is 551 g/mol. The molecule has 41 heavy (non-hydrogen) atoms. The smallest absolute Gasteiger partial charge is 0.164 e. The van der Waals surface area contributed by atoms with Crippen molar-refractivity contribution in [2.24, 2.45) is 5.92 Å². The first-order valence-corrected chi connectivity index (χ1v) is 14.2. The first kappa shape index (κ1) is 26.9. The van der Waals surface area contributed by atoms with Gasteiger partial charge >= 0.3 is 0 Å². The minimum Gasteiger partial charge on any atom is -0.489 e. The topological polar surface area (TPSA) is 124 Å². The standard InChI is InChI=1S/C32H33N5O4/c1-20(38)31(39)21-4-9-26(10-5-21)41-28-11-6-23(18-24(28)19-33)29-30-27(12-13-34-29)35-32(36-30)22-2-7-25(8-3-22)37-14-16-40-17-15-37/h2-3,6-8,11-13,18,20-21,26,38H,4-5,9-10,14-17H2,1H3,(H,35,36). The van der Waals surface area contributed by atoms with E-state index in [0.717, 1.165) is 54.3 Å². The van der Waals surface area contributed by atoms with E-state index in [2.05, 4.69) is 45.2 Å². The van der Waals surface area contributed by atoms with Crippen LogP contribution in [-0.4, -0.2) is 64.4 Å². The van der Waals surface area contributed by atoms with E-state index < -0.39 is 6.10 Å². The molecule has 1 unspecified atom stereocenters. The fourth-order valence-corrected chi connectivity index (χ4v) is 5.79. The fourth-order valence-electron chi connectivity index (χ4n) is 5.79. The number of aliphatic hydroxyl groups excluding tert-OH is 1. The molecule has 0 spiro atoms. The van der Waals surface area contributed by atoms with Gasteiger partial charge in [-0.25, -0.2) is 4.98 Å². The van der Waals surface area contributed by atoms with E-state index in [1.165, 1.54) is 12.6 Å². The minimum atomic E-state index is -0.931. The van der Waals surface area contributed by atoms with Gasteiger partial charge in [-0.3, -0.25) is 9.78 Å². The third kappa shape index (κ3) is 5.67.